The van der Waals surface area contributed by atoms with Gasteiger partial charge >= 0.3 is 0 Å². The number of rotatable bonds is 3. The fourth-order valence-electron chi connectivity index (χ4n) is 0.197. The third kappa shape index (κ3) is 7.84. The van der Waals surface area contributed by atoms with Crippen molar-refractivity contribution in [3.8, 4) is 0 Å². The number of halogens is 1. The molecule has 0 spiro atoms. The Hall–Kier alpha value is -0.160. The first-order valence-electron chi connectivity index (χ1n) is 2.23. The summed E-state index contributed by atoms with van der Waals surface area (Å²) in [5, 5.41) is 0. The minimum atomic E-state index is -3.50. The van der Waals surface area contributed by atoms with Crippen LogP contribution in [0.25, 0.3) is 0 Å². The van der Waals surface area contributed by atoms with Gasteiger partial charge in [0.25, 0.3) is 10.1 Å². The topological polar surface area (TPSA) is 43.4 Å². The largest absolute Gasteiger partial charge is 0.267 e. The molecule has 0 aliphatic heterocycles. The van der Waals surface area contributed by atoms with Crippen molar-refractivity contribution in [2.75, 3.05) is 12.9 Å². The molecule has 1 atom stereocenters. The lowest BCUT2D eigenvalue weighted by molar-refractivity contribution is 0.233. The lowest BCUT2D eigenvalue weighted by atomic mass is 10.5. The Kier molecular flexibility index (Phi) is 3.07. The van der Waals surface area contributed by atoms with Crippen LogP contribution in [0.4, 0.5) is 4.39 Å². The van der Waals surface area contributed by atoms with Crippen LogP contribution in [0.1, 0.15) is 0 Å². The van der Waals surface area contributed by atoms with Crippen LogP contribution in [0.3, 0.4) is 0 Å². The minimum absolute atomic E-state index is 0.501. The molecule has 5 heteroatoms. The Labute approximate surface area is 53.9 Å². The van der Waals surface area contributed by atoms with E-state index in [1.165, 1.54) is 0 Å². The lowest BCUT2D eigenvalue weighted by Gasteiger charge is -1.99. The molecule has 0 bridgehead atoms. The molecule has 0 heterocycles. The van der Waals surface area contributed by atoms with Crippen LogP contribution in [0, 0.1) is 6.92 Å². The summed E-state index contributed by atoms with van der Waals surface area (Å²) in [7, 11) is -3.50. The molecule has 0 amide bonds. The molecule has 9 heavy (non-hydrogen) atoms. The van der Waals surface area contributed by atoms with Crippen molar-refractivity contribution in [3.05, 3.63) is 6.92 Å². The summed E-state index contributed by atoms with van der Waals surface area (Å²) in [6, 6.07) is 0. The maximum absolute atomic E-state index is 11.7. The molecule has 55 valence electrons. The van der Waals surface area contributed by atoms with E-state index in [2.05, 4.69) is 11.1 Å². The second-order valence-corrected chi connectivity index (χ2v) is 3.23. The fourth-order valence-corrected chi connectivity index (χ4v) is 0.592. The first-order valence-corrected chi connectivity index (χ1v) is 4.05. The maximum Gasteiger partial charge on any atom is 0.264 e. The predicted molar refractivity (Wildman–Crippen MR) is 31.0 cm³/mol. The van der Waals surface area contributed by atoms with E-state index in [0.29, 0.717) is 0 Å². The minimum Gasteiger partial charge on any atom is -0.267 e. The average molecular weight is 155 g/mol. The molecule has 0 unspecified atom stereocenters. The molecule has 0 aromatic heterocycles. The zero-order chi connectivity index (χ0) is 7.49. The Morgan fingerprint density at radius 3 is 2.33 bits per heavy atom. The fraction of sp³-hybridized carbons (Fsp3) is 0.750. The van der Waals surface area contributed by atoms with E-state index in [4.69, 9.17) is 0 Å². The number of alkyl halides is 1. The van der Waals surface area contributed by atoms with Crippen molar-refractivity contribution >= 4 is 10.1 Å². The molecule has 0 N–H and O–H groups in total. The normalized spacial score (nSPS) is 15.4. The monoisotopic (exact) mass is 155 g/mol. The number of hydrogen-bond donors (Lipinski definition) is 0. The Balaban J connectivity index is 3.53. The molecule has 0 aromatic carbocycles. The van der Waals surface area contributed by atoms with Crippen molar-refractivity contribution < 1.29 is 17.0 Å². The van der Waals surface area contributed by atoms with Gasteiger partial charge in [0, 0.05) is 0 Å². The molecular formula is C4H8FO3S. The van der Waals surface area contributed by atoms with E-state index in [1.807, 2.05) is 0 Å². The van der Waals surface area contributed by atoms with Gasteiger partial charge in [-0.1, -0.05) is 0 Å². The van der Waals surface area contributed by atoms with E-state index in [0.717, 1.165) is 6.26 Å². The van der Waals surface area contributed by atoms with Crippen LogP contribution in [-0.4, -0.2) is 27.5 Å². The Morgan fingerprint density at radius 2 is 2.22 bits per heavy atom. The highest BCUT2D eigenvalue weighted by Crippen LogP contribution is 1.92. The maximum atomic E-state index is 11.7. The summed E-state index contributed by atoms with van der Waals surface area (Å²) in [6.07, 6.45) is -0.630. The molecule has 1 radical (unpaired) electrons. The quantitative estimate of drug-likeness (QED) is 0.544. The third-order valence-electron chi connectivity index (χ3n) is 0.463. The molecule has 0 aromatic rings. The van der Waals surface area contributed by atoms with Gasteiger partial charge in [0.2, 0.25) is 0 Å². The van der Waals surface area contributed by atoms with Gasteiger partial charge in [-0.05, 0) is 6.92 Å². The van der Waals surface area contributed by atoms with Crippen molar-refractivity contribution in [2.24, 2.45) is 0 Å². The SMILES string of the molecule is [CH2][C@@H](F)COS(C)(=O)=O. The number of hydrogen-bond acceptors (Lipinski definition) is 3. The van der Waals surface area contributed by atoms with Gasteiger partial charge in [0.05, 0.1) is 12.9 Å². The molecule has 3 nitrogen and oxygen atoms in total. The molecule has 0 aliphatic carbocycles. The zero-order valence-corrected chi connectivity index (χ0v) is 5.82. The molecule has 0 fully saturated rings. The third-order valence-corrected chi connectivity index (χ3v) is 1.03. The Bertz CT molecular complexity index is 161. The van der Waals surface area contributed by atoms with Gasteiger partial charge in [-0.3, -0.25) is 4.18 Å². The average Bonchev–Trinajstić information content (AvgIpc) is 1.59. The molecule has 0 aliphatic rings. The van der Waals surface area contributed by atoms with Gasteiger partial charge in [0.1, 0.15) is 6.17 Å². The lowest BCUT2D eigenvalue weighted by Crippen LogP contribution is -2.11. The molecule has 0 saturated heterocycles. The van der Waals surface area contributed by atoms with Crippen molar-refractivity contribution in [2.45, 2.75) is 6.17 Å². The highest BCUT2D eigenvalue weighted by molar-refractivity contribution is 7.85. The summed E-state index contributed by atoms with van der Waals surface area (Å²) in [4.78, 5) is 0. The van der Waals surface area contributed by atoms with Crippen LogP contribution in [0.5, 0.6) is 0 Å². The van der Waals surface area contributed by atoms with Crippen molar-refractivity contribution in [1.29, 1.82) is 0 Å². The molecule has 0 rings (SSSR count). The smallest absolute Gasteiger partial charge is 0.264 e. The van der Waals surface area contributed by atoms with Crippen LogP contribution >= 0.6 is 0 Å². The second kappa shape index (κ2) is 3.12. The van der Waals surface area contributed by atoms with E-state index in [-0.39, 0.29) is 0 Å². The van der Waals surface area contributed by atoms with Crippen LogP contribution in [0.15, 0.2) is 0 Å². The first kappa shape index (κ1) is 8.84. The van der Waals surface area contributed by atoms with E-state index < -0.39 is 22.9 Å². The summed E-state index contributed by atoms with van der Waals surface area (Å²) < 4.78 is 36.0. The highest BCUT2D eigenvalue weighted by Gasteiger charge is 2.04. The second-order valence-electron chi connectivity index (χ2n) is 1.59. The zero-order valence-electron chi connectivity index (χ0n) is 5.00. The Morgan fingerprint density at radius 1 is 1.78 bits per heavy atom. The summed E-state index contributed by atoms with van der Waals surface area (Å²) in [5.74, 6) is 0. The van der Waals surface area contributed by atoms with E-state index >= 15 is 0 Å². The van der Waals surface area contributed by atoms with Crippen molar-refractivity contribution in [1.82, 2.24) is 0 Å². The highest BCUT2D eigenvalue weighted by atomic mass is 32.2. The summed E-state index contributed by atoms with van der Waals surface area (Å²) in [5.41, 5.74) is 0. The first-order chi connectivity index (χ1) is 3.92. The van der Waals surface area contributed by atoms with Crippen LogP contribution in [0.2, 0.25) is 0 Å². The predicted octanol–water partition coefficient (Wildman–Crippen LogP) is 0.135. The van der Waals surface area contributed by atoms with Gasteiger partial charge in [-0.25, -0.2) is 4.39 Å². The van der Waals surface area contributed by atoms with Crippen molar-refractivity contribution in [3.63, 3.8) is 0 Å². The summed E-state index contributed by atoms with van der Waals surface area (Å²) >= 11 is 0. The van der Waals surface area contributed by atoms with Crippen LogP contribution in [-0.2, 0) is 14.3 Å². The summed E-state index contributed by atoms with van der Waals surface area (Å²) in [6.45, 7) is 2.38. The van der Waals surface area contributed by atoms with E-state index in [1.54, 1.807) is 0 Å². The van der Waals surface area contributed by atoms with Gasteiger partial charge < -0.3 is 0 Å². The molecule has 0 saturated carbocycles. The van der Waals surface area contributed by atoms with Gasteiger partial charge in [-0.2, -0.15) is 8.42 Å². The standard InChI is InChI=1S/C4H8FO3S/c1-4(5)3-8-9(2,6)7/h4H,1,3H2,2H3/t4-/m1/s1. The van der Waals surface area contributed by atoms with E-state index in [9.17, 15) is 12.8 Å². The molecular weight excluding hydrogens is 147 g/mol. The van der Waals surface area contributed by atoms with Crippen LogP contribution < -0.4 is 0 Å². The van der Waals surface area contributed by atoms with Gasteiger partial charge in [-0.15, -0.1) is 0 Å². The van der Waals surface area contributed by atoms with Gasteiger partial charge in [0.15, 0.2) is 0 Å².